The Labute approximate surface area is 494 Å². The van der Waals surface area contributed by atoms with E-state index in [0.717, 1.165) is 44.7 Å². The fourth-order valence-electron chi connectivity index (χ4n) is 11.1. The quantitative estimate of drug-likeness (QED) is 0.0463. The summed E-state index contributed by atoms with van der Waals surface area (Å²) in [5, 5.41) is 0. The fourth-order valence-corrected chi connectivity index (χ4v) is 11.1. The molecular weight excluding hydrogens is 1060 g/mol. The second-order valence-corrected chi connectivity index (χ2v) is 20.9. The van der Waals surface area contributed by atoms with Crippen molar-refractivity contribution in [3.8, 4) is 23.0 Å². The molecule has 84 heavy (non-hydrogen) atoms. The first-order valence-corrected chi connectivity index (χ1v) is 28.7. The lowest BCUT2D eigenvalue weighted by atomic mass is 9.85. The highest BCUT2D eigenvalue weighted by Gasteiger charge is 2.53. The number of rotatable bonds is 28. The van der Waals surface area contributed by atoms with Crippen LogP contribution in [0.3, 0.4) is 0 Å². The van der Waals surface area contributed by atoms with E-state index in [1.54, 1.807) is 28.4 Å². The van der Waals surface area contributed by atoms with E-state index in [1.807, 2.05) is 219 Å². The third-order valence-electron chi connectivity index (χ3n) is 15.3. The van der Waals surface area contributed by atoms with Gasteiger partial charge in [0.25, 0.3) is 0 Å². The van der Waals surface area contributed by atoms with Gasteiger partial charge in [-0.25, -0.2) is 0 Å². The Balaban J connectivity index is 1.12. The summed E-state index contributed by atoms with van der Waals surface area (Å²) in [7, 11) is 6.53. The average molecular weight is 1140 g/mol. The van der Waals surface area contributed by atoms with Crippen LogP contribution in [-0.2, 0) is 88.9 Å². The summed E-state index contributed by atoms with van der Waals surface area (Å²) in [5.74, 6) is 1.96. The predicted molar refractivity (Wildman–Crippen MR) is 320 cm³/mol. The van der Waals surface area contributed by atoms with Crippen LogP contribution in [0.4, 0.5) is 0 Å². The monoisotopic (exact) mass is 1140 g/mol. The van der Waals surface area contributed by atoms with E-state index in [9.17, 15) is 0 Å². The second kappa shape index (κ2) is 30.4. The van der Waals surface area contributed by atoms with E-state index < -0.39 is 61.0 Å². The molecule has 0 aromatic heterocycles. The van der Waals surface area contributed by atoms with Gasteiger partial charge in [-0.1, -0.05) is 194 Å². The Bertz CT molecular complexity index is 3180. The molecule has 2 aliphatic heterocycles. The first-order chi connectivity index (χ1) is 41.4. The normalized spacial score (nSPS) is 22.2. The van der Waals surface area contributed by atoms with Gasteiger partial charge < -0.3 is 61.6 Å². The van der Waals surface area contributed by atoms with Crippen molar-refractivity contribution in [1.29, 1.82) is 0 Å². The van der Waals surface area contributed by atoms with Gasteiger partial charge in [-0.2, -0.15) is 0 Å². The molecule has 438 valence electrons. The van der Waals surface area contributed by atoms with Gasteiger partial charge in [-0.3, -0.25) is 0 Å². The molecule has 0 N–H and O–H groups in total. The van der Waals surface area contributed by atoms with Crippen LogP contribution in [0.2, 0.25) is 0 Å². The number of ether oxygens (including phenoxy) is 13. The van der Waals surface area contributed by atoms with E-state index in [0.29, 0.717) is 41.6 Å². The number of hydrogen-bond donors (Lipinski definition) is 0. The van der Waals surface area contributed by atoms with Crippen molar-refractivity contribution < 1.29 is 61.6 Å². The maximum atomic E-state index is 7.59. The van der Waals surface area contributed by atoms with E-state index >= 15 is 0 Å². The smallest absolute Gasteiger partial charge is 0.138 e. The summed E-state index contributed by atoms with van der Waals surface area (Å²) in [5.41, 5.74) is 7.91. The lowest BCUT2D eigenvalue weighted by Crippen LogP contribution is -2.58. The van der Waals surface area contributed by atoms with E-state index in [2.05, 4.69) is 0 Å². The summed E-state index contributed by atoms with van der Waals surface area (Å²) in [4.78, 5) is 0. The summed E-state index contributed by atoms with van der Waals surface area (Å²) in [6.07, 6.45) is -7.67. The molecule has 0 unspecified atom stereocenters. The van der Waals surface area contributed by atoms with Gasteiger partial charge in [0.1, 0.15) is 77.9 Å². The molecule has 0 radical (unpaired) electrons. The van der Waals surface area contributed by atoms with E-state index in [1.165, 1.54) is 0 Å². The Morgan fingerprint density at radius 3 is 1.04 bits per heavy atom. The van der Waals surface area contributed by atoms with Gasteiger partial charge >= 0.3 is 0 Å². The van der Waals surface area contributed by atoms with Crippen molar-refractivity contribution in [3.05, 3.63) is 262 Å². The van der Waals surface area contributed by atoms with Crippen molar-refractivity contribution in [2.24, 2.45) is 0 Å². The molecule has 13 heteroatoms. The Morgan fingerprint density at radius 2 is 0.655 bits per heavy atom. The zero-order valence-electron chi connectivity index (χ0n) is 48.4. The van der Waals surface area contributed by atoms with Gasteiger partial charge in [0, 0.05) is 6.07 Å². The Hall–Kier alpha value is -7.40. The zero-order valence-corrected chi connectivity index (χ0v) is 48.4. The molecule has 2 saturated heterocycles. The molecule has 10 rings (SSSR count). The molecule has 0 aliphatic carbocycles. The van der Waals surface area contributed by atoms with Crippen molar-refractivity contribution >= 4 is 0 Å². The topological polar surface area (TPSA) is 120 Å². The van der Waals surface area contributed by atoms with Crippen molar-refractivity contribution in [2.75, 3.05) is 35.0 Å². The fraction of sp³-hybridized carbons (Fsp3) is 0.324. The van der Waals surface area contributed by atoms with Crippen LogP contribution in [0.25, 0.3) is 0 Å². The summed E-state index contributed by atoms with van der Waals surface area (Å²) in [6.45, 7) is 3.93. The summed E-state index contributed by atoms with van der Waals surface area (Å²) in [6, 6.07) is 70.1. The minimum Gasteiger partial charge on any atom is -0.497 e. The minimum absolute atomic E-state index is 0.121. The molecular formula is C71H76O13. The Morgan fingerprint density at radius 1 is 0.321 bits per heavy atom. The summed E-state index contributed by atoms with van der Waals surface area (Å²) >= 11 is 0. The second-order valence-electron chi connectivity index (χ2n) is 20.9. The molecule has 0 bridgehead atoms. The highest BCUT2D eigenvalue weighted by Crippen LogP contribution is 2.53. The standard InChI is InChI=1S/C71H76O13/c1-49-63(77-42-51-26-14-7-15-27-51)68(79-44-53-30-18-9-19-31-53)70(81-45-54-32-20-10-21-33-54)66(83-49)61-58(73-3)40-59(74-4)62(65(61)75-5)67-71(82-46-55-34-22-11-23-35-55)69(80-47-56-36-38-57(72-2)39-37-56)64(78-43-52-28-16-8-17-29-52)60(84-67)48-76-41-50-24-12-6-13-25-50/h6-40,49,60,63-64,66-71H,41-48H2,1-5H3/t49-,60+,63+,64-,66+,67-,68+,69-,70+,71-/m0/s1. The maximum absolute atomic E-state index is 7.59. The predicted octanol–water partition coefficient (Wildman–Crippen LogP) is 13.3. The molecule has 2 fully saturated rings. The summed E-state index contributed by atoms with van der Waals surface area (Å²) < 4.78 is 89.7. The van der Waals surface area contributed by atoms with Gasteiger partial charge in [0.2, 0.25) is 0 Å². The lowest BCUT2D eigenvalue weighted by Gasteiger charge is -2.48. The van der Waals surface area contributed by atoms with Gasteiger partial charge in [0.05, 0.1) is 98.5 Å². The first kappa shape index (κ1) is 59.7. The van der Waals surface area contributed by atoms with Crippen LogP contribution < -0.4 is 18.9 Å². The molecule has 0 amide bonds. The number of benzene rings is 8. The Kier molecular flexibility index (Phi) is 21.6. The van der Waals surface area contributed by atoms with Crippen molar-refractivity contribution in [1.82, 2.24) is 0 Å². The van der Waals surface area contributed by atoms with Crippen molar-refractivity contribution in [2.45, 2.75) is 114 Å². The highest BCUT2D eigenvalue weighted by atomic mass is 16.6. The molecule has 8 aromatic carbocycles. The van der Waals surface area contributed by atoms with Crippen LogP contribution in [0.1, 0.15) is 69.2 Å². The average Bonchev–Trinajstić information content (AvgIpc) is 1.17. The molecule has 0 spiro atoms. The van der Waals surface area contributed by atoms with Crippen LogP contribution in [-0.4, -0.2) is 83.9 Å². The SMILES string of the molecule is COc1ccc(CO[C@H]2[C@@H](OCc3ccccc3)[C@@H](COCc3ccccc3)O[C@@H](c3c(OC)cc(OC)c([C@H]4O[C@@H](C)[C@@H](OCc5ccccc5)[C@@H](OCc5ccccc5)[C@@H]4OCc4ccccc4)c3OC)[C@@H]2OCc2ccccc2)cc1. The van der Waals surface area contributed by atoms with Crippen LogP contribution >= 0.6 is 0 Å². The maximum Gasteiger partial charge on any atom is 0.138 e. The lowest BCUT2D eigenvalue weighted by molar-refractivity contribution is -0.275. The molecule has 10 atom stereocenters. The minimum atomic E-state index is -0.970. The third kappa shape index (κ3) is 15.3. The van der Waals surface area contributed by atoms with Gasteiger partial charge in [-0.15, -0.1) is 0 Å². The molecule has 0 saturated carbocycles. The largest absolute Gasteiger partial charge is 0.497 e. The van der Waals surface area contributed by atoms with E-state index in [-0.39, 0.29) is 39.6 Å². The van der Waals surface area contributed by atoms with Gasteiger partial charge in [-0.05, 0) is 58.0 Å². The van der Waals surface area contributed by atoms with Crippen LogP contribution in [0.5, 0.6) is 23.0 Å². The number of hydrogen-bond acceptors (Lipinski definition) is 13. The number of methoxy groups -OCH3 is 4. The van der Waals surface area contributed by atoms with Gasteiger partial charge in [0.15, 0.2) is 0 Å². The molecule has 13 nitrogen and oxygen atoms in total. The van der Waals surface area contributed by atoms with Crippen molar-refractivity contribution in [3.63, 3.8) is 0 Å². The van der Waals surface area contributed by atoms with Crippen LogP contribution in [0, 0.1) is 0 Å². The molecule has 2 heterocycles. The molecule has 2 aliphatic rings. The highest BCUT2D eigenvalue weighted by molar-refractivity contribution is 5.60. The van der Waals surface area contributed by atoms with E-state index in [4.69, 9.17) is 61.6 Å². The third-order valence-corrected chi connectivity index (χ3v) is 15.3. The zero-order chi connectivity index (χ0) is 57.9. The first-order valence-electron chi connectivity index (χ1n) is 28.7. The van der Waals surface area contributed by atoms with Crippen LogP contribution in [0.15, 0.2) is 212 Å². The molecule has 8 aromatic rings.